The summed E-state index contributed by atoms with van der Waals surface area (Å²) >= 11 is 0. The summed E-state index contributed by atoms with van der Waals surface area (Å²) < 4.78 is 43.1. The van der Waals surface area contributed by atoms with Crippen molar-refractivity contribution in [3.63, 3.8) is 0 Å². The first-order valence-electron chi connectivity index (χ1n) is 17.1. The molecule has 49 heavy (non-hydrogen) atoms. The smallest absolute Gasteiger partial charge is 0.434 e. The molecule has 0 spiro atoms. The molecule has 8 nitrogen and oxygen atoms in total. The Morgan fingerprint density at radius 3 is 2.16 bits per heavy atom. The van der Waals surface area contributed by atoms with Crippen LogP contribution in [0.4, 0.5) is 9.18 Å². The minimum atomic E-state index is -0.840. The second-order valence-electron chi connectivity index (χ2n) is 13.7. The molecule has 3 aromatic rings. The number of methoxy groups -OCH3 is 1. The van der Waals surface area contributed by atoms with E-state index in [0.29, 0.717) is 38.4 Å². The quantitative estimate of drug-likeness (QED) is 0.0984. The Kier molecular flexibility index (Phi) is 14.3. The zero-order valence-electron chi connectivity index (χ0n) is 29.4. The number of esters is 1. The predicted molar refractivity (Wildman–Crippen MR) is 187 cm³/mol. The number of nitrogens with zero attached hydrogens (tertiary/aromatic N) is 1. The van der Waals surface area contributed by atoms with E-state index in [0.717, 1.165) is 35.3 Å². The third-order valence-electron chi connectivity index (χ3n) is 8.29. The summed E-state index contributed by atoms with van der Waals surface area (Å²) in [4.78, 5) is 30.0. The number of ether oxygens (including phenoxy) is 5. The van der Waals surface area contributed by atoms with Gasteiger partial charge in [-0.25, -0.2) is 14.0 Å². The minimum Gasteiger partial charge on any atom is -0.497 e. The molecule has 0 aliphatic heterocycles. The Morgan fingerprint density at radius 1 is 0.878 bits per heavy atom. The lowest BCUT2D eigenvalue weighted by molar-refractivity contribution is -0.137. The molecule has 1 aliphatic rings. The van der Waals surface area contributed by atoms with Crippen LogP contribution >= 0.6 is 0 Å². The van der Waals surface area contributed by atoms with E-state index in [4.69, 9.17) is 23.7 Å². The van der Waals surface area contributed by atoms with Gasteiger partial charge in [-0.05, 0) is 119 Å². The SMILES string of the molecule is COc1ccc(COC(C)C(OCC2CC2)C(CCCC(=NC(=O)OC(C)(C)C)C(=O)OCc2ccccc2)Cc2ccc(F)cc2)cc1. The van der Waals surface area contributed by atoms with Crippen molar-refractivity contribution in [2.45, 2.75) is 97.2 Å². The fraction of sp³-hybridized carbons (Fsp3) is 0.475. The summed E-state index contributed by atoms with van der Waals surface area (Å²) in [5.74, 6) is 0.311. The van der Waals surface area contributed by atoms with E-state index >= 15 is 0 Å². The van der Waals surface area contributed by atoms with Crippen LogP contribution in [0.25, 0.3) is 0 Å². The summed E-state index contributed by atoms with van der Waals surface area (Å²) in [5, 5.41) is 0. The van der Waals surface area contributed by atoms with Crippen LogP contribution in [0.5, 0.6) is 5.75 Å². The minimum absolute atomic E-state index is 0.00460. The summed E-state index contributed by atoms with van der Waals surface area (Å²) in [6, 6.07) is 23.6. The molecular formula is C40H50FNO7. The van der Waals surface area contributed by atoms with Gasteiger partial charge in [-0.2, -0.15) is 4.99 Å². The first-order valence-corrected chi connectivity index (χ1v) is 17.1. The number of carbonyl (C=O) groups excluding carboxylic acids is 2. The molecule has 4 rings (SSSR count). The normalized spacial score (nSPS) is 15.3. The zero-order valence-corrected chi connectivity index (χ0v) is 29.4. The molecule has 0 heterocycles. The van der Waals surface area contributed by atoms with Gasteiger partial charge in [-0.3, -0.25) is 0 Å². The highest BCUT2D eigenvalue weighted by Gasteiger charge is 2.32. The third kappa shape index (κ3) is 13.8. The molecule has 1 amide bonds. The van der Waals surface area contributed by atoms with Gasteiger partial charge in [0, 0.05) is 6.61 Å². The van der Waals surface area contributed by atoms with Crippen LogP contribution in [0.15, 0.2) is 83.9 Å². The number of rotatable bonds is 18. The molecule has 0 N–H and O–H groups in total. The van der Waals surface area contributed by atoms with Crippen molar-refractivity contribution in [2.24, 2.45) is 16.8 Å². The predicted octanol–water partition coefficient (Wildman–Crippen LogP) is 8.68. The lowest BCUT2D eigenvalue weighted by atomic mass is 9.86. The standard InChI is InChI=1S/C40H50FNO7/c1-28(46-25-32-18-22-35(45-5)23-19-32)37(47-26-31-14-15-31)33(24-29-16-20-34(41)21-17-29)12-9-13-36(42-39(44)49-40(2,3)4)38(43)48-27-30-10-7-6-8-11-30/h6-8,10-11,16-23,28,31,33,37H,9,12-15,24-27H2,1-5H3. The van der Waals surface area contributed by atoms with Gasteiger partial charge in [-0.1, -0.05) is 54.6 Å². The fourth-order valence-corrected chi connectivity index (χ4v) is 5.47. The van der Waals surface area contributed by atoms with Gasteiger partial charge in [0.1, 0.15) is 29.5 Å². The zero-order chi connectivity index (χ0) is 35.2. The van der Waals surface area contributed by atoms with Gasteiger partial charge in [-0.15, -0.1) is 0 Å². The lowest BCUT2D eigenvalue weighted by Gasteiger charge is -2.32. The van der Waals surface area contributed by atoms with Crippen molar-refractivity contribution in [1.82, 2.24) is 0 Å². The molecule has 0 saturated heterocycles. The number of aliphatic imine (C=N–C) groups is 1. The number of hydrogen-bond donors (Lipinski definition) is 0. The molecule has 3 unspecified atom stereocenters. The van der Waals surface area contributed by atoms with E-state index in [2.05, 4.69) is 4.99 Å². The van der Waals surface area contributed by atoms with E-state index in [-0.39, 0.29) is 42.7 Å². The van der Waals surface area contributed by atoms with Gasteiger partial charge in [0.25, 0.3) is 0 Å². The molecule has 3 aromatic carbocycles. The van der Waals surface area contributed by atoms with E-state index in [1.54, 1.807) is 40.0 Å². The Morgan fingerprint density at radius 2 is 1.53 bits per heavy atom. The van der Waals surface area contributed by atoms with Crippen LogP contribution in [0, 0.1) is 17.7 Å². The van der Waals surface area contributed by atoms with Crippen LogP contribution in [0.1, 0.15) is 76.5 Å². The monoisotopic (exact) mass is 675 g/mol. The Bertz CT molecular complexity index is 1480. The highest BCUT2D eigenvalue weighted by atomic mass is 19.1. The molecule has 0 bridgehead atoms. The number of benzene rings is 3. The van der Waals surface area contributed by atoms with Crippen molar-refractivity contribution in [1.29, 1.82) is 0 Å². The van der Waals surface area contributed by atoms with Crippen LogP contribution in [0.2, 0.25) is 0 Å². The summed E-state index contributed by atoms with van der Waals surface area (Å²) in [7, 11) is 1.64. The summed E-state index contributed by atoms with van der Waals surface area (Å²) in [6.45, 7) is 8.35. The second-order valence-corrected chi connectivity index (χ2v) is 13.7. The van der Waals surface area contributed by atoms with Crippen molar-refractivity contribution >= 4 is 17.8 Å². The van der Waals surface area contributed by atoms with Gasteiger partial charge in [0.05, 0.1) is 25.9 Å². The maximum Gasteiger partial charge on any atom is 0.434 e. The van der Waals surface area contributed by atoms with Crippen LogP contribution < -0.4 is 4.74 Å². The molecule has 0 radical (unpaired) electrons. The Balaban J connectivity index is 1.51. The molecule has 1 fully saturated rings. The highest BCUT2D eigenvalue weighted by Crippen LogP contribution is 2.32. The van der Waals surface area contributed by atoms with Gasteiger partial charge >= 0.3 is 12.1 Å². The van der Waals surface area contributed by atoms with Crippen molar-refractivity contribution in [3.05, 3.63) is 101 Å². The maximum absolute atomic E-state index is 13.8. The van der Waals surface area contributed by atoms with E-state index < -0.39 is 17.7 Å². The van der Waals surface area contributed by atoms with Gasteiger partial charge in [0.2, 0.25) is 0 Å². The van der Waals surface area contributed by atoms with Gasteiger partial charge in [0.15, 0.2) is 0 Å². The summed E-state index contributed by atoms with van der Waals surface area (Å²) in [5.41, 5.74) is 2.05. The van der Waals surface area contributed by atoms with E-state index in [1.807, 2.05) is 61.5 Å². The van der Waals surface area contributed by atoms with Gasteiger partial charge < -0.3 is 23.7 Å². The van der Waals surface area contributed by atoms with E-state index in [1.165, 1.54) is 12.1 Å². The maximum atomic E-state index is 13.8. The van der Waals surface area contributed by atoms with Crippen LogP contribution in [0.3, 0.4) is 0 Å². The molecule has 9 heteroatoms. The topological polar surface area (TPSA) is 92.6 Å². The number of amides is 1. The van der Waals surface area contributed by atoms with Crippen molar-refractivity contribution in [3.8, 4) is 5.75 Å². The number of halogens is 1. The molecule has 3 atom stereocenters. The third-order valence-corrected chi connectivity index (χ3v) is 8.29. The molecule has 1 aliphatic carbocycles. The Labute approximate surface area is 290 Å². The molecule has 0 aromatic heterocycles. The lowest BCUT2D eigenvalue weighted by Crippen LogP contribution is -2.38. The molecule has 264 valence electrons. The largest absolute Gasteiger partial charge is 0.497 e. The molecular weight excluding hydrogens is 625 g/mol. The van der Waals surface area contributed by atoms with Crippen molar-refractivity contribution in [2.75, 3.05) is 13.7 Å². The van der Waals surface area contributed by atoms with E-state index in [9.17, 15) is 14.0 Å². The van der Waals surface area contributed by atoms with Crippen molar-refractivity contribution < 1.29 is 37.7 Å². The number of carbonyl (C=O) groups is 2. The second kappa shape index (κ2) is 18.6. The van der Waals surface area contributed by atoms with Crippen LogP contribution in [-0.4, -0.2) is 49.3 Å². The Hall–Kier alpha value is -4.08. The first-order chi connectivity index (χ1) is 23.5. The average Bonchev–Trinajstić information content (AvgIpc) is 3.91. The molecule has 1 saturated carbocycles. The van der Waals surface area contributed by atoms with Crippen LogP contribution in [-0.2, 0) is 43.4 Å². The highest BCUT2D eigenvalue weighted by molar-refractivity contribution is 6.37. The summed E-state index contributed by atoms with van der Waals surface area (Å²) in [6.07, 6.45) is 2.86. The average molecular weight is 676 g/mol. The first kappa shape index (κ1) is 37.7. The number of hydrogen-bond acceptors (Lipinski definition) is 7. The fourth-order valence-electron chi connectivity index (χ4n) is 5.47.